The Morgan fingerprint density at radius 3 is 2.44 bits per heavy atom. The number of rotatable bonds is 6. The molecule has 1 aliphatic carbocycles. The molecule has 166 valence electrons. The van der Waals surface area contributed by atoms with Crippen LogP contribution in [0.4, 0.5) is 5.69 Å². The number of carbonyl (C=O) groups excluding carboxylic acids is 2. The standard InChI is InChI=1S/C27H20N4O3/c1-34-20-13-11-19(12-14-20)31-25-21-10-6-5-7-17(21)15-22(25)24(30-31)26(32)23(16-28)27(33)29-18-8-3-2-4-9-18/h2-14,23H,15H2,1H3,(H,29,33). The van der Waals surface area contributed by atoms with E-state index in [-0.39, 0.29) is 5.69 Å². The zero-order valence-corrected chi connectivity index (χ0v) is 18.4. The highest BCUT2D eigenvalue weighted by atomic mass is 16.5. The summed E-state index contributed by atoms with van der Waals surface area (Å²) in [5.74, 6) is -2.12. The summed E-state index contributed by atoms with van der Waals surface area (Å²) in [7, 11) is 1.59. The second kappa shape index (κ2) is 8.68. The monoisotopic (exact) mass is 448 g/mol. The maximum Gasteiger partial charge on any atom is 0.249 e. The van der Waals surface area contributed by atoms with E-state index in [9.17, 15) is 14.9 Å². The Morgan fingerprint density at radius 1 is 1.03 bits per heavy atom. The number of anilines is 1. The summed E-state index contributed by atoms with van der Waals surface area (Å²) in [6, 6.07) is 25.8. The van der Waals surface area contributed by atoms with Gasteiger partial charge in [0, 0.05) is 23.2 Å². The Morgan fingerprint density at radius 2 is 1.74 bits per heavy atom. The predicted octanol–water partition coefficient (Wildman–Crippen LogP) is 4.41. The van der Waals surface area contributed by atoms with Crippen LogP contribution in [-0.4, -0.2) is 28.6 Å². The molecule has 0 saturated heterocycles. The van der Waals surface area contributed by atoms with Crippen molar-refractivity contribution in [2.24, 2.45) is 5.92 Å². The fraction of sp³-hybridized carbons (Fsp3) is 0.111. The highest BCUT2D eigenvalue weighted by molar-refractivity contribution is 6.16. The third-order valence-electron chi connectivity index (χ3n) is 5.87. The normalized spacial score (nSPS) is 12.2. The highest BCUT2D eigenvalue weighted by Crippen LogP contribution is 2.40. The lowest BCUT2D eigenvalue weighted by atomic mass is 9.98. The minimum Gasteiger partial charge on any atom is -0.497 e. The molecule has 1 aromatic heterocycles. The number of amides is 1. The fourth-order valence-corrected chi connectivity index (χ4v) is 4.21. The van der Waals surface area contributed by atoms with E-state index in [1.807, 2.05) is 60.7 Å². The second-order valence-corrected chi connectivity index (χ2v) is 7.90. The van der Waals surface area contributed by atoms with E-state index in [4.69, 9.17) is 4.74 Å². The van der Waals surface area contributed by atoms with Gasteiger partial charge < -0.3 is 10.1 Å². The first kappa shape index (κ1) is 21.2. The van der Waals surface area contributed by atoms with Gasteiger partial charge in [-0.1, -0.05) is 42.5 Å². The summed E-state index contributed by atoms with van der Waals surface area (Å²) in [6.07, 6.45) is 0.501. The van der Waals surface area contributed by atoms with Crippen LogP contribution in [0.25, 0.3) is 16.9 Å². The van der Waals surface area contributed by atoms with Gasteiger partial charge in [-0.05, 0) is 42.0 Å². The van der Waals surface area contributed by atoms with Crippen molar-refractivity contribution in [2.45, 2.75) is 6.42 Å². The van der Waals surface area contributed by atoms with Crippen LogP contribution >= 0.6 is 0 Å². The lowest BCUT2D eigenvalue weighted by Crippen LogP contribution is -2.29. The molecule has 1 unspecified atom stereocenters. The van der Waals surface area contributed by atoms with Gasteiger partial charge >= 0.3 is 0 Å². The van der Waals surface area contributed by atoms with Crippen LogP contribution in [0.15, 0.2) is 78.9 Å². The van der Waals surface area contributed by atoms with E-state index in [1.54, 1.807) is 36.1 Å². The molecule has 4 aromatic rings. The smallest absolute Gasteiger partial charge is 0.249 e. The Balaban J connectivity index is 1.56. The Hall–Kier alpha value is -4.70. The number of aromatic nitrogens is 2. The van der Waals surface area contributed by atoms with Crippen LogP contribution < -0.4 is 10.1 Å². The van der Waals surface area contributed by atoms with Crippen molar-refractivity contribution in [2.75, 3.05) is 12.4 Å². The quantitative estimate of drug-likeness (QED) is 0.306. The zero-order valence-electron chi connectivity index (χ0n) is 18.4. The van der Waals surface area contributed by atoms with E-state index in [0.717, 1.165) is 28.1 Å². The molecule has 0 aliphatic heterocycles. The summed E-state index contributed by atoms with van der Waals surface area (Å²) < 4.78 is 6.96. The number of nitrogens with zero attached hydrogens (tertiary/aromatic N) is 3. The number of benzene rings is 3. The molecule has 34 heavy (non-hydrogen) atoms. The molecule has 1 aliphatic rings. The number of ether oxygens (including phenoxy) is 1. The molecular formula is C27H20N4O3. The molecule has 7 heteroatoms. The molecule has 3 aromatic carbocycles. The molecular weight excluding hydrogens is 428 g/mol. The van der Waals surface area contributed by atoms with Crippen molar-refractivity contribution < 1.29 is 14.3 Å². The SMILES string of the molecule is COc1ccc(-n2nc(C(=O)C(C#N)C(=O)Nc3ccccc3)c3c2-c2ccccc2C3)cc1. The van der Waals surface area contributed by atoms with Gasteiger partial charge in [0.2, 0.25) is 11.7 Å². The number of nitrogens with one attached hydrogen (secondary N) is 1. The lowest BCUT2D eigenvalue weighted by Gasteiger charge is -2.10. The van der Waals surface area contributed by atoms with Gasteiger partial charge in [-0.25, -0.2) is 4.68 Å². The molecule has 1 heterocycles. The molecule has 1 N–H and O–H groups in total. The minimum atomic E-state index is -1.52. The Kier molecular flexibility index (Phi) is 5.40. The second-order valence-electron chi connectivity index (χ2n) is 7.90. The van der Waals surface area contributed by atoms with Crippen molar-refractivity contribution in [1.82, 2.24) is 9.78 Å². The number of Topliss-reactive ketones (excluding diaryl/α,β-unsaturated/α-hetero) is 1. The molecule has 5 rings (SSSR count). The summed E-state index contributed by atoms with van der Waals surface area (Å²) in [5.41, 5.74) is 4.95. The highest BCUT2D eigenvalue weighted by Gasteiger charge is 2.36. The summed E-state index contributed by atoms with van der Waals surface area (Å²) in [6.45, 7) is 0. The van der Waals surface area contributed by atoms with Crippen LogP contribution in [0.5, 0.6) is 5.75 Å². The third-order valence-corrected chi connectivity index (χ3v) is 5.87. The number of methoxy groups -OCH3 is 1. The zero-order chi connectivity index (χ0) is 23.7. The number of nitriles is 1. The molecule has 0 saturated carbocycles. The van der Waals surface area contributed by atoms with Crippen LogP contribution in [0.2, 0.25) is 0 Å². The van der Waals surface area contributed by atoms with Crippen molar-refractivity contribution in [3.63, 3.8) is 0 Å². The summed E-state index contributed by atoms with van der Waals surface area (Å²) >= 11 is 0. The maximum absolute atomic E-state index is 13.5. The number of ketones is 1. The van der Waals surface area contributed by atoms with Crippen molar-refractivity contribution in [3.8, 4) is 28.8 Å². The molecule has 0 radical (unpaired) electrons. The van der Waals surface area contributed by atoms with Gasteiger partial charge in [0.25, 0.3) is 0 Å². The van der Waals surface area contributed by atoms with Crippen LogP contribution in [-0.2, 0) is 11.2 Å². The molecule has 7 nitrogen and oxygen atoms in total. The van der Waals surface area contributed by atoms with Gasteiger partial charge in [0.1, 0.15) is 11.4 Å². The summed E-state index contributed by atoms with van der Waals surface area (Å²) in [4.78, 5) is 26.3. The topological polar surface area (TPSA) is 97.0 Å². The van der Waals surface area contributed by atoms with Crippen molar-refractivity contribution in [3.05, 3.63) is 95.7 Å². The molecule has 1 amide bonds. The first-order valence-corrected chi connectivity index (χ1v) is 10.7. The number of carbonyl (C=O) groups is 2. The maximum atomic E-state index is 13.5. The van der Waals surface area contributed by atoms with Crippen LogP contribution in [0.3, 0.4) is 0 Å². The number of para-hydroxylation sites is 1. The van der Waals surface area contributed by atoms with Gasteiger partial charge in [-0.2, -0.15) is 10.4 Å². The molecule has 0 fully saturated rings. The van der Waals surface area contributed by atoms with Gasteiger partial charge in [-0.3, -0.25) is 9.59 Å². The fourth-order valence-electron chi connectivity index (χ4n) is 4.21. The van der Waals surface area contributed by atoms with Gasteiger partial charge in [0.15, 0.2) is 5.92 Å². The molecule has 0 spiro atoms. The third kappa shape index (κ3) is 3.61. The van der Waals surface area contributed by atoms with E-state index >= 15 is 0 Å². The Labute approximate surface area is 196 Å². The average molecular weight is 448 g/mol. The first-order chi connectivity index (χ1) is 16.6. The Bertz CT molecular complexity index is 1430. The first-order valence-electron chi connectivity index (χ1n) is 10.7. The van der Waals surface area contributed by atoms with Crippen molar-refractivity contribution >= 4 is 17.4 Å². The molecule has 1 atom stereocenters. The van der Waals surface area contributed by atoms with E-state index in [1.165, 1.54) is 0 Å². The predicted molar refractivity (Wildman–Crippen MR) is 127 cm³/mol. The van der Waals surface area contributed by atoms with Crippen molar-refractivity contribution in [1.29, 1.82) is 5.26 Å². The number of hydrogen-bond acceptors (Lipinski definition) is 5. The summed E-state index contributed by atoms with van der Waals surface area (Å²) in [5, 5.41) is 17.0. The molecule has 0 bridgehead atoms. The van der Waals surface area contributed by atoms with Gasteiger partial charge in [-0.15, -0.1) is 0 Å². The van der Waals surface area contributed by atoms with Crippen LogP contribution in [0, 0.1) is 17.2 Å². The van der Waals surface area contributed by atoms with Gasteiger partial charge in [0.05, 0.1) is 24.6 Å². The average Bonchev–Trinajstić information content (AvgIpc) is 3.42. The van der Waals surface area contributed by atoms with E-state index in [0.29, 0.717) is 17.9 Å². The minimum absolute atomic E-state index is 0.136. The van der Waals surface area contributed by atoms with E-state index < -0.39 is 17.6 Å². The van der Waals surface area contributed by atoms with E-state index in [2.05, 4.69) is 10.4 Å². The largest absolute Gasteiger partial charge is 0.497 e. The van der Waals surface area contributed by atoms with Crippen LogP contribution in [0.1, 0.15) is 21.6 Å². The number of fused-ring (bicyclic) bond motifs is 3. The lowest BCUT2D eigenvalue weighted by molar-refractivity contribution is -0.117. The number of hydrogen-bond donors (Lipinski definition) is 1.